The van der Waals surface area contributed by atoms with E-state index in [2.05, 4.69) is 30.6 Å². The van der Waals surface area contributed by atoms with E-state index in [0.29, 0.717) is 5.69 Å². The quantitative estimate of drug-likeness (QED) is 0.396. The summed E-state index contributed by atoms with van der Waals surface area (Å²) in [7, 11) is -4.49. The molecule has 0 aliphatic rings. The fourth-order valence-corrected chi connectivity index (χ4v) is 3.92. The Kier molecular flexibility index (Phi) is 7.34. The molecule has 33 heavy (non-hydrogen) atoms. The Bertz CT molecular complexity index is 1240. The molecule has 14 heteroatoms. The van der Waals surface area contributed by atoms with Crippen LogP contribution in [0.3, 0.4) is 0 Å². The molecule has 0 fully saturated rings. The molecule has 9 nitrogen and oxygen atoms in total. The van der Waals surface area contributed by atoms with E-state index < -0.39 is 27.6 Å². The molecular weight excluding hydrogens is 483 g/mol. The zero-order chi connectivity index (χ0) is 24.2. The molecule has 1 aromatic carbocycles. The van der Waals surface area contributed by atoms with Crippen LogP contribution in [-0.4, -0.2) is 47.1 Å². The fraction of sp³-hybridized carbons (Fsp3) is 0.263. The summed E-state index contributed by atoms with van der Waals surface area (Å²) in [5.74, 6) is 0.270. The van der Waals surface area contributed by atoms with E-state index in [1.165, 1.54) is 22.9 Å². The van der Waals surface area contributed by atoms with Gasteiger partial charge in [0.25, 0.3) is 0 Å². The Morgan fingerprint density at radius 3 is 2.33 bits per heavy atom. The van der Waals surface area contributed by atoms with Crippen LogP contribution in [0.4, 0.5) is 30.8 Å². The van der Waals surface area contributed by atoms with E-state index in [1.807, 2.05) is 13.8 Å². The molecule has 0 spiro atoms. The molecule has 0 aliphatic carbocycles. The Morgan fingerprint density at radius 1 is 0.970 bits per heavy atom. The number of hydrogen-bond acceptors (Lipinski definition) is 8. The van der Waals surface area contributed by atoms with Crippen molar-refractivity contribution in [2.45, 2.75) is 31.0 Å². The molecule has 0 radical (unpaired) electrons. The molecule has 3 N–H and O–H groups in total. The van der Waals surface area contributed by atoms with Gasteiger partial charge in [-0.15, -0.1) is 0 Å². The lowest BCUT2D eigenvalue weighted by Crippen LogP contribution is -2.34. The molecule has 0 saturated heterocycles. The predicted molar refractivity (Wildman–Crippen MR) is 118 cm³/mol. The molecule has 2 aromatic heterocycles. The Hall–Kier alpha value is -3.03. The van der Waals surface area contributed by atoms with E-state index in [1.54, 1.807) is 18.2 Å². The standard InChI is InChI=1S/C19H19ClF3N7O2S/c1-11(2)25-17-28-16(13-7-5-9-15(20)26-13)29-18(30-17)27-12-6-3-4-8-14(12)33(31,32)24-10-19(21,22)23/h3-9,11,24H,10H2,1-2H3,(H2,25,27,28,29,30). The second-order valence-corrected chi connectivity index (χ2v) is 9.13. The van der Waals surface area contributed by atoms with E-state index in [-0.39, 0.29) is 34.6 Å². The van der Waals surface area contributed by atoms with E-state index >= 15 is 0 Å². The number of hydrogen-bond donors (Lipinski definition) is 3. The molecule has 0 saturated carbocycles. The Morgan fingerprint density at radius 2 is 1.67 bits per heavy atom. The minimum atomic E-state index is -4.71. The van der Waals surface area contributed by atoms with E-state index in [9.17, 15) is 21.6 Å². The molecule has 3 rings (SSSR count). The average molecular weight is 502 g/mol. The molecule has 0 amide bonds. The summed E-state index contributed by atoms with van der Waals surface area (Å²) in [5, 5.41) is 5.99. The van der Waals surface area contributed by atoms with Gasteiger partial charge >= 0.3 is 6.18 Å². The zero-order valence-corrected chi connectivity index (χ0v) is 18.9. The minimum Gasteiger partial charge on any atom is -0.352 e. The second-order valence-electron chi connectivity index (χ2n) is 7.01. The predicted octanol–water partition coefficient (Wildman–Crippen LogP) is 3.99. The lowest BCUT2D eigenvalue weighted by atomic mass is 10.3. The highest BCUT2D eigenvalue weighted by atomic mass is 35.5. The summed E-state index contributed by atoms with van der Waals surface area (Å²) >= 11 is 5.95. The van der Waals surface area contributed by atoms with Gasteiger partial charge in [-0.1, -0.05) is 29.8 Å². The Balaban J connectivity index is 2.00. The first-order chi connectivity index (χ1) is 15.4. The summed E-state index contributed by atoms with van der Waals surface area (Å²) in [6, 6.07) is 10.3. The van der Waals surface area contributed by atoms with Crippen LogP contribution >= 0.6 is 11.6 Å². The van der Waals surface area contributed by atoms with Crippen LogP contribution in [0.2, 0.25) is 5.15 Å². The first kappa shape index (κ1) is 24.6. The number of aromatic nitrogens is 4. The van der Waals surface area contributed by atoms with Gasteiger partial charge in [0.15, 0.2) is 5.82 Å². The summed E-state index contributed by atoms with van der Waals surface area (Å²) < 4.78 is 64.1. The Labute approximate surface area is 192 Å². The number of benzene rings is 1. The van der Waals surface area contributed by atoms with Crippen LogP contribution in [0, 0.1) is 0 Å². The van der Waals surface area contributed by atoms with Crippen molar-refractivity contribution in [3.8, 4) is 11.5 Å². The maximum atomic E-state index is 12.5. The maximum Gasteiger partial charge on any atom is 0.402 e. The highest BCUT2D eigenvalue weighted by Crippen LogP contribution is 2.26. The normalized spacial score (nSPS) is 12.1. The summed E-state index contributed by atoms with van der Waals surface area (Å²) in [6.45, 7) is 2.02. The van der Waals surface area contributed by atoms with Gasteiger partial charge in [-0.3, -0.25) is 0 Å². The summed E-state index contributed by atoms with van der Waals surface area (Å²) in [4.78, 5) is 16.5. The van der Waals surface area contributed by atoms with Crippen LogP contribution in [0.25, 0.3) is 11.5 Å². The third-order valence-electron chi connectivity index (χ3n) is 3.88. The van der Waals surface area contributed by atoms with Gasteiger partial charge < -0.3 is 10.6 Å². The van der Waals surface area contributed by atoms with Crippen LogP contribution in [0.15, 0.2) is 47.4 Å². The van der Waals surface area contributed by atoms with Crippen LogP contribution < -0.4 is 15.4 Å². The molecule has 0 atom stereocenters. The zero-order valence-electron chi connectivity index (χ0n) is 17.4. The average Bonchev–Trinajstić information content (AvgIpc) is 2.71. The van der Waals surface area contributed by atoms with Gasteiger partial charge in [-0.2, -0.15) is 28.1 Å². The molecule has 3 aromatic rings. The van der Waals surface area contributed by atoms with Crippen molar-refractivity contribution in [3.63, 3.8) is 0 Å². The number of para-hydroxylation sites is 1. The lowest BCUT2D eigenvalue weighted by Gasteiger charge is -2.15. The van der Waals surface area contributed by atoms with Gasteiger partial charge in [0.05, 0.1) is 5.69 Å². The van der Waals surface area contributed by atoms with Gasteiger partial charge in [0.1, 0.15) is 22.3 Å². The number of halogens is 4. The molecule has 0 unspecified atom stereocenters. The first-order valence-corrected chi connectivity index (χ1v) is 11.4. The highest BCUT2D eigenvalue weighted by molar-refractivity contribution is 7.89. The van der Waals surface area contributed by atoms with Crippen molar-refractivity contribution in [1.82, 2.24) is 24.7 Å². The SMILES string of the molecule is CC(C)Nc1nc(Nc2ccccc2S(=O)(=O)NCC(F)(F)F)nc(-c2cccc(Cl)n2)n1. The third kappa shape index (κ3) is 6.97. The summed E-state index contributed by atoms with van der Waals surface area (Å²) in [6.07, 6.45) is -4.71. The molecular formula is C19H19ClF3N7O2S. The topological polar surface area (TPSA) is 122 Å². The van der Waals surface area contributed by atoms with Gasteiger partial charge in [0, 0.05) is 6.04 Å². The van der Waals surface area contributed by atoms with E-state index in [0.717, 1.165) is 6.07 Å². The number of anilines is 3. The number of rotatable bonds is 8. The van der Waals surface area contributed by atoms with Crippen molar-refractivity contribution in [2.24, 2.45) is 0 Å². The van der Waals surface area contributed by atoms with Gasteiger partial charge in [-0.05, 0) is 38.1 Å². The third-order valence-corrected chi connectivity index (χ3v) is 5.55. The number of pyridine rings is 1. The van der Waals surface area contributed by atoms with Crippen LogP contribution in [-0.2, 0) is 10.0 Å². The van der Waals surface area contributed by atoms with Crippen LogP contribution in [0.5, 0.6) is 0 Å². The largest absolute Gasteiger partial charge is 0.402 e. The maximum absolute atomic E-state index is 12.5. The molecule has 2 heterocycles. The van der Waals surface area contributed by atoms with Crippen molar-refractivity contribution in [2.75, 3.05) is 17.2 Å². The number of nitrogens with one attached hydrogen (secondary N) is 3. The monoisotopic (exact) mass is 501 g/mol. The second kappa shape index (κ2) is 9.85. The van der Waals surface area contributed by atoms with Crippen molar-refractivity contribution < 1.29 is 21.6 Å². The van der Waals surface area contributed by atoms with Gasteiger partial charge in [0.2, 0.25) is 21.9 Å². The summed E-state index contributed by atoms with van der Waals surface area (Å²) in [5.41, 5.74) is 0.311. The lowest BCUT2D eigenvalue weighted by molar-refractivity contribution is -0.121. The first-order valence-electron chi connectivity index (χ1n) is 9.51. The van der Waals surface area contributed by atoms with Crippen molar-refractivity contribution >= 4 is 39.2 Å². The minimum absolute atomic E-state index is 0.0288. The van der Waals surface area contributed by atoms with Crippen molar-refractivity contribution in [3.05, 3.63) is 47.6 Å². The smallest absolute Gasteiger partial charge is 0.352 e. The molecule has 0 aliphatic heterocycles. The number of sulfonamides is 1. The highest BCUT2D eigenvalue weighted by Gasteiger charge is 2.31. The van der Waals surface area contributed by atoms with Crippen molar-refractivity contribution in [1.29, 1.82) is 0 Å². The van der Waals surface area contributed by atoms with Crippen LogP contribution in [0.1, 0.15) is 13.8 Å². The molecule has 0 bridgehead atoms. The fourth-order valence-electron chi connectivity index (χ4n) is 2.58. The van der Waals surface area contributed by atoms with Gasteiger partial charge in [-0.25, -0.2) is 18.1 Å². The number of nitrogens with zero attached hydrogens (tertiary/aromatic N) is 4. The number of alkyl halides is 3. The molecule has 176 valence electrons. The van der Waals surface area contributed by atoms with E-state index in [4.69, 9.17) is 11.6 Å².